The van der Waals surface area contributed by atoms with E-state index in [9.17, 15) is 0 Å². The van der Waals surface area contributed by atoms with E-state index in [-0.39, 0.29) is 6.61 Å². The number of aliphatic hydroxyl groups is 1. The van der Waals surface area contributed by atoms with Crippen LogP contribution >= 0.6 is 0 Å². The molecular weight excluding hydrogens is 164 g/mol. The standard InChI is InChI=1S/C10H12N2O/c11-6-5-9-1-3-10(4-2-9)12-7-8-13/h1-4,12-13H,5,7-8H2. The van der Waals surface area contributed by atoms with Crippen LogP contribution in [0.15, 0.2) is 24.3 Å². The van der Waals surface area contributed by atoms with Crippen molar-refractivity contribution in [1.82, 2.24) is 0 Å². The smallest absolute Gasteiger partial charge is 0.0669 e. The minimum absolute atomic E-state index is 0.125. The van der Waals surface area contributed by atoms with Gasteiger partial charge in [-0.25, -0.2) is 0 Å². The molecule has 0 aliphatic rings. The van der Waals surface area contributed by atoms with Gasteiger partial charge in [-0.15, -0.1) is 0 Å². The molecule has 68 valence electrons. The summed E-state index contributed by atoms with van der Waals surface area (Å²) in [6.45, 7) is 0.678. The summed E-state index contributed by atoms with van der Waals surface area (Å²) in [7, 11) is 0. The van der Waals surface area contributed by atoms with Crippen molar-refractivity contribution in [3.8, 4) is 6.07 Å². The second kappa shape index (κ2) is 5.18. The molecule has 0 spiro atoms. The Morgan fingerprint density at radius 2 is 2.00 bits per heavy atom. The predicted octanol–water partition coefficient (Wildman–Crippen LogP) is 1.16. The van der Waals surface area contributed by atoms with E-state index in [2.05, 4.69) is 11.4 Å². The van der Waals surface area contributed by atoms with Gasteiger partial charge < -0.3 is 10.4 Å². The van der Waals surface area contributed by atoms with E-state index in [1.54, 1.807) is 0 Å². The molecule has 1 aromatic carbocycles. The molecular formula is C10H12N2O. The largest absolute Gasteiger partial charge is 0.395 e. The summed E-state index contributed by atoms with van der Waals surface area (Å²) in [4.78, 5) is 0. The minimum Gasteiger partial charge on any atom is -0.395 e. The molecule has 0 bridgehead atoms. The summed E-state index contributed by atoms with van der Waals surface area (Å²) in [5.41, 5.74) is 1.98. The molecule has 3 heteroatoms. The lowest BCUT2D eigenvalue weighted by molar-refractivity contribution is 0.311. The van der Waals surface area contributed by atoms with Gasteiger partial charge in [0.1, 0.15) is 0 Å². The summed E-state index contributed by atoms with van der Waals surface area (Å²) >= 11 is 0. The zero-order chi connectivity index (χ0) is 9.52. The number of rotatable bonds is 4. The summed E-state index contributed by atoms with van der Waals surface area (Å²) < 4.78 is 0. The Morgan fingerprint density at radius 1 is 1.31 bits per heavy atom. The lowest BCUT2D eigenvalue weighted by Crippen LogP contribution is -2.04. The molecule has 0 saturated carbocycles. The number of benzene rings is 1. The van der Waals surface area contributed by atoms with Crippen molar-refractivity contribution in [2.75, 3.05) is 18.5 Å². The Morgan fingerprint density at radius 3 is 2.54 bits per heavy atom. The summed E-state index contributed by atoms with van der Waals surface area (Å²) in [5.74, 6) is 0. The van der Waals surface area contributed by atoms with Crippen molar-refractivity contribution in [1.29, 1.82) is 5.26 Å². The second-order valence-electron chi connectivity index (χ2n) is 2.68. The van der Waals surface area contributed by atoms with Crippen molar-refractivity contribution in [2.45, 2.75) is 6.42 Å². The van der Waals surface area contributed by atoms with Crippen LogP contribution in [0.1, 0.15) is 5.56 Å². The SMILES string of the molecule is N#CCc1ccc(NCCO)cc1. The van der Waals surface area contributed by atoms with Crippen molar-refractivity contribution >= 4 is 5.69 Å². The van der Waals surface area contributed by atoms with Gasteiger partial charge >= 0.3 is 0 Å². The number of anilines is 1. The molecule has 0 fully saturated rings. The third-order valence-electron chi connectivity index (χ3n) is 1.68. The fourth-order valence-corrected chi connectivity index (χ4v) is 1.03. The first-order valence-corrected chi connectivity index (χ1v) is 4.17. The average molecular weight is 176 g/mol. The van der Waals surface area contributed by atoms with E-state index in [0.29, 0.717) is 13.0 Å². The molecule has 0 saturated heterocycles. The topological polar surface area (TPSA) is 56.0 Å². The number of aliphatic hydroxyl groups excluding tert-OH is 1. The number of hydrogen-bond donors (Lipinski definition) is 2. The number of nitriles is 1. The van der Waals surface area contributed by atoms with E-state index >= 15 is 0 Å². The lowest BCUT2D eigenvalue weighted by atomic mass is 10.1. The minimum atomic E-state index is 0.125. The van der Waals surface area contributed by atoms with Crippen molar-refractivity contribution < 1.29 is 5.11 Å². The summed E-state index contributed by atoms with van der Waals surface area (Å²) in [6, 6.07) is 9.71. The third kappa shape index (κ3) is 3.14. The Labute approximate surface area is 77.6 Å². The highest BCUT2D eigenvalue weighted by Gasteiger charge is 1.92. The molecule has 0 unspecified atom stereocenters. The number of nitrogens with zero attached hydrogens (tertiary/aromatic N) is 1. The normalized spacial score (nSPS) is 9.23. The fraction of sp³-hybridized carbons (Fsp3) is 0.300. The highest BCUT2D eigenvalue weighted by atomic mass is 16.3. The van der Waals surface area contributed by atoms with Gasteiger partial charge in [-0.3, -0.25) is 0 Å². The van der Waals surface area contributed by atoms with E-state index in [4.69, 9.17) is 10.4 Å². The van der Waals surface area contributed by atoms with Gasteiger partial charge in [-0.1, -0.05) is 12.1 Å². The maximum atomic E-state index is 8.56. The van der Waals surface area contributed by atoms with Gasteiger partial charge in [0.15, 0.2) is 0 Å². The molecule has 0 aromatic heterocycles. The van der Waals surface area contributed by atoms with E-state index in [1.807, 2.05) is 24.3 Å². The molecule has 0 aliphatic carbocycles. The second-order valence-corrected chi connectivity index (χ2v) is 2.68. The first kappa shape index (κ1) is 9.56. The first-order valence-electron chi connectivity index (χ1n) is 4.17. The van der Waals surface area contributed by atoms with Crippen LogP contribution < -0.4 is 5.32 Å². The van der Waals surface area contributed by atoms with Crippen LogP contribution in [0.4, 0.5) is 5.69 Å². The van der Waals surface area contributed by atoms with Crippen LogP contribution in [0, 0.1) is 11.3 Å². The van der Waals surface area contributed by atoms with E-state index in [1.165, 1.54) is 0 Å². The molecule has 1 rings (SSSR count). The monoisotopic (exact) mass is 176 g/mol. The van der Waals surface area contributed by atoms with Crippen LogP contribution in [-0.2, 0) is 6.42 Å². The van der Waals surface area contributed by atoms with Gasteiger partial charge in [0.25, 0.3) is 0 Å². The summed E-state index contributed by atoms with van der Waals surface area (Å²) in [5, 5.41) is 20.0. The highest BCUT2D eigenvalue weighted by Crippen LogP contribution is 2.08. The van der Waals surface area contributed by atoms with Gasteiger partial charge in [0.2, 0.25) is 0 Å². The lowest BCUT2D eigenvalue weighted by Gasteiger charge is -2.03. The van der Waals surface area contributed by atoms with Crippen molar-refractivity contribution in [3.05, 3.63) is 29.8 Å². The van der Waals surface area contributed by atoms with Crippen molar-refractivity contribution in [2.24, 2.45) is 0 Å². The number of hydrogen-bond acceptors (Lipinski definition) is 3. The third-order valence-corrected chi connectivity index (χ3v) is 1.68. The molecule has 0 atom stereocenters. The zero-order valence-electron chi connectivity index (χ0n) is 7.33. The molecule has 0 amide bonds. The molecule has 2 N–H and O–H groups in total. The highest BCUT2D eigenvalue weighted by molar-refractivity contribution is 5.44. The molecule has 0 aliphatic heterocycles. The van der Waals surface area contributed by atoms with Gasteiger partial charge in [-0.2, -0.15) is 5.26 Å². The van der Waals surface area contributed by atoms with Gasteiger partial charge in [-0.05, 0) is 17.7 Å². The fourth-order valence-electron chi connectivity index (χ4n) is 1.03. The van der Waals surface area contributed by atoms with Gasteiger partial charge in [0, 0.05) is 12.2 Å². The van der Waals surface area contributed by atoms with Crippen LogP contribution in [0.2, 0.25) is 0 Å². The Balaban J connectivity index is 2.55. The Bertz CT molecular complexity index is 287. The quantitative estimate of drug-likeness (QED) is 0.723. The molecule has 1 aromatic rings. The predicted molar refractivity (Wildman–Crippen MR) is 51.3 cm³/mol. The van der Waals surface area contributed by atoms with Crippen LogP contribution in [0.5, 0.6) is 0 Å². The van der Waals surface area contributed by atoms with Crippen molar-refractivity contribution in [3.63, 3.8) is 0 Å². The Hall–Kier alpha value is -1.53. The van der Waals surface area contributed by atoms with Crippen LogP contribution in [-0.4, -0.2) is 18.3 Å². The average Bonchev–Trinajstić information content (AvgIpc) is 2.17. The Kier molecular flexibility index (Phi) is 3.80. The maximum absolute atomic E-state index is 8.56. The first-order chi connectivity index (χ1) is 6.36. The summed E-state index contributed by atoms with van der Waals surface area (Å²) in [6.07, 6.45) is 0.445. The molecule has 13 heavy (non-hydrogen) atoms. The van der Waals surface area contributed by atoms with Crippen LogP contribution in [0.3, 0.4) is 0 Å². The molecule has 0 heterocycles. The zero-order valence-corrected chi connectivity index (χ0v) is 7.33. The van der Waals surface area contributed by atoms with Crippen LogP contribution in [0.25, 0.3) is 0 Å². The van der Waals surface area contributed by atoms with E-state index in [0.717, 1.165) is 11.3 Å². The maximum Gasteiger partial charge on any atom is 0.0669 e. The van der Waals surface area contributed by atoms with E-state index < -0.39 is 0 Å². The molecule has 3 nitrogen and oxygen atoms in total. The number of nitrogens with one attached hydrogen (secondary N) is 1. The molecule has 0 radical (unpaired) electrons. The van der Waals surface area contributed by atoms with Gasteiger partial charge in [0.05, 0.1) is 19.1 Å².